The number of fused-ring (bicyclic) bond motifs is 1. The second-order valence-electron chi connectivity index (χ2n) is 8.96. The van der Waals surface area contributed by atoms with Crippen molar-refractivity contribution in [2.75, 3.05) is 31.5 Å². The number of carbonyl (C=O) groups excluding carboxylic acids is 1. The first-order valence-corrected chi connectivity index (χ1v) is 11.7. The zero-order valence-corrected chi connectivity index (χ0v) is 18.3. The van der Waals surface area contributed by atoms with Crippen molar-refractivity contribution >= 4 is 22.5 Å². The van der Waals surface area contributed by atoms with E-state index in [-0.39, 0.29) is 5.91 Å². The van der Waals surface area contributed by atoms with Gasteiger partial charge in [-0.3, -0.25) is 4.79 Å². The summed E-state index contributed by atoms with van der Waals surface area (Å²) >= 11 is 0. The fourth-order valence-corrected chi connectivity index (χ4v) is 5.11. The van der Waals surface area contributed by atoms with E-state index in [1.54, 1.807) is 0 Å². The molecule has 5 rings (SSSR count). The van der Waals surface area contributed by atoms with Crippen molar-refractivity contribution in [3.63, 3.8) is 0 Å². The molecule has 31 heavy (non-hydrogen) atoms. The summed E-state index contributed by atoms with van der Waals surface area (Å²) in [5.41, 5.74) is 5.78. The maximum Gasteiger partial charge on any atom is 0.253 e. The summed E-state index contributed by atoms with van der Waals surface area (Å²) in [6, 6.07) is 15.0. The summed E-state index contributed by atoms with van der Waals surface area (Å²) < 4.78 is 0. The molecule has 1 aromatic heterocycles. The molecule has 3 N–H and O–H groups in total. The van der Waals surface area contributed by atoms with Crippen molar-refractivity contribution in [3.05, 3.63) is 65.4 Å². The first-order chi connectivity index (χ1) is 15.2. The Kier molecular flexibility index (Phi) is 5.68. The van der Waals surface area contributed by atoms with E-state index in [0.717, 1.165) is 68.6 Å². The summed E-state index contributed by atoms with van der Waals surface area (Å²) in [5, 5.41) is 8.28. The molecule has 2 aliphatic rings. The van der Waals surface area contributed by atoms with E-state index < -0.39 is 0 Å². The Labute approximate surface area is 184 Å². The molecule has 5 nitrogen and oxygen atoms in total. The fourth-order valence-electron chi connectivity index (χ4n) is 5.11. The van der Waals surface area contributed by atoms with Crippen LogP contribution in [0.3, 0.4) is 0 Å². The SMILES string of the molecule is CCc1cccc(NC2CCN(C(=O)c3ccc4[nH]cc(C5CCNCC5)c4c3)C2)c1. The fraction of sp³-hybridized carbons (Fsp3) is 0.423. The van der Waals surface area contributed by atoms with Gasteiger partial charge in [0.1, 0.15) is 0 Å². The highest BCUT2D eigenvalue weighted by atomic mass is 16.2. The molecule has 1 amide bonds. The Morgan fingerprint density at radius 1 is 1.13 bits per heavy atom. The van der Waals surface area contributed by atoms with E-state index in [0.29, 0.717) is 12.0 Å². The molecule has 2 aliphatic heterocycles. The molecule has 3 heterocycles. The number of H-pyrrole nitrogens is 1. The zero-order valence-electron chi connectivity index (χ0n) is 18.3. The normalized spacial score (nSPS) is 19.8. The molecule has 0 saturated carbocycles. The predicted octanol–water partition coefficient (Wildman–Crippen LogP) is 4.52. The van der Waals surface area contributed by atoms with Gasteiger partial charge in [0, 0.05) is 47.5 Å². The number of aromatic amines is 1. The molecule has 1 atom stereocenters. The number of hydrogen-bond acceptors (Lipinski definition) is 3. The first-order valence-electron chi connectivity index (χ1n) is 11.7. The highest BCUT2D eigenvalue weighted by molar-refractivity contribution is 5.99. The van der Waals surface area contributed by atoms with Crippen molar-refractivity contribution in [3.8, 4) is 0 Å². The second kappa shape index (κ2) is 8.75. The molecule has 2 fully saturated rings. The van der Waals surface area contributed by atoms with Gasteiger partial charge in [-0.05, 0) is 86.1 Å². The molecular weight excluding hydrogens is 384 g/mol. The van der Waals surface area contributed by atoms with Gasteiger partial charge < -0.3 is 20.5 Å². The van der Waals surface area contributed by atoms with Crippen LogP contribution in [0.2, 0.25) is 0 Å². The quantitative estimate of drug-likeness (QED) is 0.573. The van der Waals surface area contributed by atoms with Crippen LogP contribution in [-0.2, 0) is 6.42 Å². The summed E-state index contributed by atoms with van der Waals surface area (Å²) in [5.74, 6) is 0.713. The van der Waals surface area contributed by atoms with Gasteiger partial charge in [0.05, 0.1) is 0 Å². The van der Waals surface area contributed by atoms with E-state index in [4.69, 9.17) is 0 Å². The minimum atomic E-state index is 0.144. The molecule has 1 unspecified atom stereocenters. The Bertz CT molecular complexity index is 1070. The molecule has 3 aromatic rings. The second-order valence-corrected chi connectivity index (χ2v) is 8.96. The predicted molar refractivity (Wildman–Crippen MR) is 127 cm³/mol. The van der Waals surface area contributed by atoms with Crippen LogP contribution in [0.4, 0.5) is 5.69 Å². The molecular formula is C26H32N4O. The lowest BCUT2D eigenvalue weighted by Crippen LogP contribution is -2.31. The van der Waals surface area contributed by atoms with Gasteiger partial charge >= 0.3 is 0 Å². The average molecular weight is 417 g/mol. The minimum absolute atomic E-state index is 0.144. The molecule has 5 heteroatoms. The molecule has 2 saturated heterocycles. The number of nitrogens with zero attached hydrogens (tertiary/aromatic N) is 1. The van der Waals surface area contributed by atoms with Gasteiger partial charge in [-0.2, -0.15) is 0 Å². The summed E-state index contributed by atoms with van der Waals surface area (Å²) in [6.45, 7) is 5.86. The lowest BCUT2D eigenvalue weighted by molar-refractivity contribution is 0.0792. The van der Waals surface area contributed by atoms with Crippen LogP contribution in [0.15, 0.2) is 48.7 Å². The lowest BCUT2D eigenvalue weighted by atomic mass is 9.89. The van der Waals surface area contributed by atoms with E-state index in [9.17, 15) is 4.79 Å². The molecule has 0 aliphatic carbocycles. The third-order valence-electron chi connectivity index (χ3n) is 6.92. The maximum absolute atomic E-state index is 13.3. The Morgan fingerprint density at radius 3 is 2.84 bits per heavy atom. The number of piperidine rings is 1. The van der Waals surface area contributed by atoms with E-state index in [1.165, 1.54) is 16.5 Å². The number of amides is 1. The smallest absolute Gasteiger partial charge is 0.253 e. The molecule has 2 aromatic carbocycles. The van der Waals surface area contributed by atoms with Gasteiger partial charge in [0.2, 0.25) is 0 Å². The third-order valence-corrected chi connectivity index (χ3v) is 6.92. The number of benzene rings is 2. The van der Waals surface area contributed by atoms with Crippen LogP contribution in [-0.4, -0.2) is 48.0 Å². The minimum Gasteiger partial charge on any atom is -0.380 e. The lowest BCUT2D eigenvalue weighted by Gasteiger charge is -2.22. The van der Waals surface area contributed by atoms with Crippen LogP contribution >= 0.6 is 0 Å². The molecule has 0 radical (unpaired) electrons. The molecule has 0 spiro atoms. The number of nitrogens with one attached hydrogen (secondary N) is 3. The van der Waals surface area contributed by atoms with Gasteiger partial charge in [0.15, 0.2) is 0 Å². The van der Waals surface area contributed by atoms with Gasteiger partial charge in [-0.1, -0.05) is 19.1 Å². The number of aryl methyl sites for hydroxylation is 1. The largest absolute Gasteiger partial charge is 0.380 e. The van der Waals surface area contributed by atoms with Crippen molar-refractivity contribution in [1.82, 2.24) is 15.2 Å². The number of aromatic nitrogens is 1. The summed E-state index contributed by atoms with van der Waals surface area (Å²) in [4.78, 5) is 18.7. The zero-order chi connectivity index (χ0) is 21.2. The number of anilines is 1. The Balaban J connectivity index is 1.29. The average Bonchev–Trinajstić information content (AvgIpc) is 3.46. The number of likely N-dealkylation sites (tertiary alicyclic amines) is 1. The number of hydrogen-bond donors (Lipinski definition) is 3. The van der Waals surface area contributed by atoms with Crippen molar-refractivity contribution < 1.29 is 4.79 Å². The first kappa shape index (κ1) is 20.1. The number of carbonyl (C=O) groups is 1. The van der Waals surface area contributed by atoms with Crippen LogP contribution in [0.1, 0.15) is 53.6 Å². The summed E-state index contributed by atoms with van der Waals surface area (Å²) in [7, 11) is 0. The van der Waals surface area contributed by atoms with E-state index in [2.05, 4.69) is 65.1 Å². The van der Waals surface area contributed by atoms with Gasteiger partial charge in [-0.15, -0.1) is 0 Å². The maximum atomic E-state index is 13.3. The van der Waals surface area contributed by atoms with E-state index in [1.807, 2.05) is 11.0 Å². The van der Waals surface area contributed by atoms with Crippen LogP contribution in [0.25, 0.3) is 10.9 Å². The highest BCUT2D eigenvalue weighted by Crippen LogP contribution is 2.32. The van der Waals surface area contributed by atoms with Crippen LogP contribution in [0.5, 0.6) is 0 Å². The molecule has 162 valence electrons. The highest BCUT2D eigenvalue weighted by Gasteiger charge is 2.27. The number of rotatable bonds is 5. The standard InChI is InChI=1S/C26H32N4O/c1-2-18-4-3-5-21(14-18)29-22-10-13-30(17-22)26(31)20-6-7-25-23(15-20)24(16-28-25)19-8-11-27-12-9-19/h3-7,14-16,19,22,27-29H,2,8-13,17H2,1H3. The third kappa shape index (κ3) is 4.19. The van der Waals surface area contributed by atoms with Crippen LogP contribution < -0.4 is 10.6 Å². The summed E-state index contributed by atoms with van der Waals surface area (Å²) in [6.07, 6.45) is 6.48. The van der Waals surface area contributed by atoms with Crippen molar-refractivity contribution in [1.29, 1.82) is 0 Å². The van der Waals surface area contributed by atoms with Crippen molar-refractivity contribution in [2.45, 2.75) is 44.6 Å². The monoisotopic (exact) mass is 416 g/mol. The topological polar surface area (TPSA) is 60.2 Å². The Hall–Kier alpha value is -2.79. The van der Waals surface area contributed by atoms with Gasteiger partial charge in [-0.25, -0.2) is 0 Å². The van der Waals surface area contributed by atoms with Crippen LogP contribution in [0, 0.1) is 0 Å². The Morgan fingerprint density at radius 2 is 2.00 bits per heavy atom. The molecule has 0 bridgehead atoms. The van der Waals surface area contributed by atoms with E-state index >= 15 is 0 Å². The van der Waals surface area contributed by atoms with Gasteiger partial charge in [0.25, 0.3) is 5.91 Å². The van der Waals surface area contributed by atoms with Crippen molar-refractivity contribution in [2.24, 2.45) is 0 Å².